The van der Waals surface area contributed by atoms with E-state index in [-0.39, 0.29) is 18.6 Å². The summed E-state index contributed by atoms with van der Waals surface area (Å²) in [6.07, 6.45) is 2.64. The number of amides is 2. The summed E-state index contributed by atoms with van der Waals surface area (Å²) in [7, 11) is 0. The van der Waals surface area contributed by atoms with E-state index < -0.39 is 6.09 Å². The fourth-order valence-corrected chi connectivity index (χ4v) is 3.11. The van der Waals surface area contributed by atoms with Crippen LogP contribution in [0.2, 0.25) is 0 Å². The minimum atomic E-state index is -0.417. The van der Waals surface area contributed by atoms with Gasteiger partial charge in [-0.2, -0.15) is 0 Å². The van der Waals surface area contributed by atoms with Crippen LogP contribution in [0.3, 0.4) is 0 Å². The van der Waals surface area contributed by atoms with Gasteiger partial charge in [0.1, 0.15) is 6.61 Å². The van der Waals surface area contributed by atoms with Crippen molar-refractivity contribution in [2.24, 2.45) is 5.92 Å². The van der Waals surface area contributed by atoms with E-state index in [0.717, 1.165) is 31.4 Å². The highest BCUT2D eigenvalue weighted by molar-refractivity contribution is 5.73. The summed E-state index contributed by atoms with van der Waals surface area (Å²) in [5.74, 6) is 0.507. The smallest absolute Gasteiger partial charge is 0.407 e. The van der Waals surface area contributed by atoms with Crippen LogP contribution in [0, 0.1) is 5.92 Å². The van der Waals surface area contributed by atoms with Crippen LogP contribution in [0.15, 0.2) is 30.3 Å². The maximum atomic E-state index is 12.0. The Labute approximate surface area is 138 Å². The largest absolute Gasteiger partial charge is 0.445 e. The van der Waals surface area contributed by atoms with Crippen LogP contribution < -0.4 is 5.32 Å². The summed E-state index contributed by atoms with van der Waals surface area (Å²) < 4.78 is 5.27. The molecule has 1 aromatic rings. The third kappa shape index (κ3) is 5.58. The number of hydrogen-bond acceptors (Lipinski definition) is 3. The molecule has 0 aromatic heterocycles. The molecule has 2 atom stereocenters. The molecule has 2 unspecified atom stereocenters. The summed E-state index contributed by atoms with van der Waals surface area (Å²) in [4.78, 5) is 25.5. The van der Waals surface area contributed by atoms with E-state index in [1.54, 1.807) is 6.92 Å². The molecule has 1 heterocycles. The lowest BCUT2D eigenvalue weighted by Crippen LogP contribution is -2.52. The maximum Gasteiger partial charge on any atom is 0.407 e. The van der Waals surface area contributed by atoms with E-state index in [1.807, 2.05) is 35.2 Å². The zero-order valence-electron chi connectivity index (χ0n) is 14.0. The van der Waals surface area contributed by atoms with E-state index in [9.17, 15) is 9.59 Å². The minimum absolute atomic E-state index is 0.0347. The van der Waals surface area contributed by atoms with E-state index in [2.05, 4.69) is 12.2 Å². The molecule has 0 bridgehead atoms. The lowest BCUT2D eigenvalue weighted by atomic mass is 9.90. The van der Waals surface area contributed by atoms with E-state index >= 15 is 0 Å². The molecule has 126 valence electrons. The quantitative estimate of drug-likeness (QED) is 0.908. The van der Waals surface area contributed by atoms with Crippen molar-refractivity contribution < 1.29 is 14.3 Å². The minimum Gasteiger partial charge on any atom is -0.445 e. The predicted molar refractivity (Wildman–Crippen MR) is 88.8 cm³/mol. The molecule has 23 heavy (non-hydrogen) atoms. The molecule has 5 heteroatoms. The number of piperidine rings is 1. The highest BCUT2D eigenvalue weighted by atomic mass is 16.5. The van der Waals surface area contributed by atoms with Crippen molar-refractivity contribution in [3.05, 3.63) is 35.9 Å². The van der Waals surface area contributed by atoms with Crippen LogP contribution in [-0.4, -0.2) is 36.0 Å². The number of benzene rings is 1. The van der Waals surface area contributed by atoms with Gasteiger partial charge in [0.2, 0.25) is 5.91 Å². The fourth-order valence-electron chi connectivity index (χ4n) is 3.11. The number of carbonyl (C=O) groups is 2. The number of alkyl carbamates (subject to hydrolysis) is 1. The van der Waals surface area contributed by atoms with Crippen LogP contribution in [-0.2, 0) is 16.1 Å². The van der Waals surface area contributed by atoms with Crippen molar-refractivity contribution in [3.63, 3.8) is 0 Å². The standard InChI is InChI=1S/C18H26N2O3/c1-3-7-16-10-17(12-20(11-16)14(2)21)19-18(22)23-13-15-8-5-4-6-9-15/h4-6,8-9,16-17H,3,7,10-13H2,1-2H3,(H,19,22). The summed E-state index contributed by atoms with van der Waals surface area (Å²) in [5, 5.41) is 2.91. The molecule has 2 amide bonds. The fraction of sp³-hybridized carbons (Fsp3) is 0.556. The Morgan fingerprint density at radius 1 is 1.26 bits per heavy atom. The summed E-state index contributed by atoms with van der Waals surface area (Å²) in [6.45, 7) is 5.34. The first-order valence-electron chi connectivity index (χ1n) is 8.31. The molecule has 1 aliphatic heterocycles. The highest BCUT2D eigenvalue weighted by Crippen LogP contribution is 2.21. The molecule has 1 saturated heterocycles. The van der Waals surface area contributed by atoms with Gasteiger partial charge in [0.25, 0.3) is 0 Å². The first-order chi connectivity index (χ1) is 11.1. The summed E-state index contributed by atoms with van der Waals surface area (Å²) >= 11 is 0. The molecular formula is C18H26N2O3. The van der Waals surface area contributed by atoms with Gasteiger partial charge in [-0.15, -0.1) is 0 Å². The van der Waals surface area contributed by atoms with Crippen molar-refractivity contribution in [2.45, 2.75) is 45.8 Å². The van der Waals surface area contributed by atoms with Gasteiger partial charge in [-0.3, -0.25) is 4.79 Å². The third-order valence-electron chi connectivity index (χ3n) is 4.21. The Kier molecular flexibility index (Phi) is 6.44. The number of nitrogens with zero attached hydrogens (tertiary/aromatic N) is 1. The average Bonchev–Trinajstić information content (AvgIpc) is 2.54. The SMILES string of the molecule is CCCC1CC(NC(=O)OCc2ccccc2)CN(C(C)=O)C1. The second-order valence-electron chi connectivity index (χ2n) is 6.22. The molecule has 0 aliphatic carbocycles. The van der Waals surface area contributed by atoms with E-state index in [1.165, 1.54) is 0 Å². The van der Waals surface area contributed by atoms with Crippen LogP contribution in [0.5, 0.6) is 0 Å². The lowest BCUT2D eigenvalue weighted by molar-refractivity contribution is -0.131. The highest BCUT2D eigenvalue weighted by Gasteiger charge is 2.29. The number of likely N-dealkylation sites (tertiary alicyclic amines) is 1. The predicted octanol–water partition coefficient (Wildman–Crippen LogP) is 2.95. The average molecular weight is 318 g/mol. The van der Waals surface area contributed by atoms with Crippen LogP contribution >= 0.6 is 0 Å². The second kappa shape index (κ2) is 8.56. The first kappa shape index (κ1) is 17.3. The second-order valence-corrected chi connectivity index (χ2v) is 6.22. The number of ether oxygens (including phenoxy) is 1. The van der Waals surface area contributed by atoms with Gasteiger partial charge >= 0.3 is 6.09 Å². The van der Waals surface area contributed by atoms with Crippen molar-refractivity contribution in [2.75, 3.05) is 13.1 Å². The monoisotopic (exact) mass is 318 g/mol. The van der Waals surface area contributed by atoms with Crippen molar-refractivity contribution >= 4 is 12.0 Å². The Balaban J connectivity index is 1.84. The number of carbonyl (C=O) groups excluding carboxylic acids is 2. The molecular weight excluding hydrogens is 292 g/mol. The molecule has 0 radical (unpaired) electrons. The maximum absolute atomic E-state index is 12.0. The Morgan fingerprint density at radius 3 is 2.65 bits per heavy atom. The number of hydrogen-bond donors (Lipinski definition) is 1. The van der Waals surface area contributed by atoms with E-state index in [4.69, 9.17) is 4.74 Å². The molecule has 1 N–H and O–H groups in total. The van der Waals surface area contributed by atoms with Crippen LogP contribution in [0.25, 0.3) is 0 Å². The zero-order valence-corrected chi connectivity index (χ0v) is 14.0. The van der Waals surface area contributed by atoms with Crippen molar-refractivity contribution in [1.82, 2.24) is 10.2 Å². The van der Waals surface area contributed by atoms with Gasteiger partial charge in [0.05, 0.1) is 6.04 Å². The number of nitrogens with one attached hydrogen (secondary N) is 1. The van der Waals surface area contributed by atoms with Crippen LogP contribution in [0.4, 0.5) is 4.79 Å². The van der Waals surface area contributed by atoms with Gasteiger partial charge < -0.3 is 15.0 Å². The molecule has 1 fully saturated rings. The third-order valence-corrected chi connectivity index (χ3v) is 4.21. The molecule has 0 saturated carbocycles. The van der Waals surface area contributed by atoms with Gasteiger partial charge in [0.15, 0.2) is 0 Å². The van der Waals surface area contributed by atoms with Crippen LogP contribution in [0.1, 0.15) is 38.7 Å². The Morgan fingerprint density at radius 2 is 2.00 bits per heavy atom. The van der Waals surface area contributed by atoms with Gasteiger partial charge in [0, 0.05) is 20.0 Å². The summed E-state index contributed by atoms with van der Waals surface area (Å²) in [5.41, 5.74) is 0.959. The van der Waals surface area contributed by atoms with Gasteiger partial charge in [-0.05, 0) is 24.3 Å². The summed E-state index contributed by atoms with van der Waals surface area (Å²) in [6, 6.07) is 9.56. The van der Waals surface area contributed by atoms with E-state index in [0.29, 0.717) is 12.5 Å². The first-order valence-corrected chi connectivity index (χ1v) is 8.31. The lowest BCUT2D eigenvalue weighted by Gasteiger charge is -2.37. The molecule has 5 nitrogen and oxygen atoms in total. The van der Waals surface area contributed by atoms with Gasteiger partial charge in [-0.25, -0.2) is 4.79 Å². The Hall–Kier alpha value is -2.04. The normalized spacial score (nSPS) is 20.9. The van der Waals surface area contributed by atoms with Gasteiger partial charge in [-0.1, -0.05) is 43.7 Å². The Bertz CT molecular complexity index is 518. The molecule has 0 spiro atoms. The topological polar surface area (TPSA) is 58.6 Å². The number of rotatable bonds is 5. The molecule has 2 rings (SSSR count). The zero-order chi connectivity index (χ0) is 16.7. The molecule has 1 aromatic carbocycles. The molecule has 1 aliphatic rings. The van der Waals surface area contributed by atoms with Crippen molar-refractivity contribution in [1.29, 1.82) is 0 Å². The van der Waals surface area contributed by atoms with Crippen molar-refractivity contribution in [3.8, 4) is 0 Å².